The molecule has 0 spiro atoms. The molecule has 1 amide bonds. The van der Waals surface area contributed by atoms with Crippen LogP contribution in [0.25, 0.3) is 10.8 Å². The van der Waals surface area contributed by atoms with E-state index in [0.29, 0.717) is 0 Å². The molecular formula is C18H21NO3. The molecule has 2 unspecified atom stereocenters. The van der Waals surface area contributed by atoms with Crippen molar-refractivity contribution in [2.45, 2.75) is 12.3 Å². The number of nitrogens with zero attached hydrogens (tertiary/aromatic N) is 1. The first kappa shape index (κ1) is 15.0. The third kappa shape index (κ3) is 2.85. The summed E-state index contributed by atoms with van der Waals surface area (Å²) in [5.74, 6) is 0.267. The molecular weight excluding hydrogens is 278 g/mol. The van der Waals surface area contributed by atoms with Crippen molar-refractivity contribution < 1.29 is 15.0 Å². The highest BCUT2D eigenvalue weighted by Crippen LogP contribution is 2.50. The number of rotatable bonds is 6. The first-order valence-electron chi connectivity index (χ1n) is 7.74. The van der Waals surface area contributed by atoms with E-state index in [4.69, 9.17) is 10.2 Å². The number of benzene rings is 2. The lowest BCUT2D eigenvalue weighted by Gasteiger charge is -2.20. The molecule has 4 heteroatoms. The average molecular weight is 299 g/mol. The minimum Gasteiger partial charge on any atom is -0.395 e. The van der Waals surface area contributed by atoms with Gasteiger partial charge in [-0.25, -0.2) is 0 Å². The normalized spacial score (nSPS) is 20.1. The van der Waals surface area contributed by atoms with E-state index in [-0.39, 0.29) is 44.0 Å². The van der Waals surface area contributed by atoms with Crippen LogP contribution in [0.5, 0.6) is 0 Å². The predicted octanol–water partition coefficient (Wildman–Crippen LogP) is 1.76. The fraction of sp³-hybridized carbons (Fsp3) is 0.389. The molecule has 0 saturated heterocycles. The summed E-state index contributed by atoms with van der Waals surface area (Å²) in [6.45, 7) is 0.436. The first-order chi connectivity index (χ1) is 10.8. The van der Waals surface area contributed by atoms with Crippen LogP contribution in [0, 0.1) is 5.92 Å². The Kier molecular flexibility index (Phi) is 4.41. The summed E-state index contributed by atoms with van der Waals surface area (Å²) in [6.07, 6.45) is 0.847. The van der Waals surface area contributed by atoms with Gasteiger partial charge in [0.2, 0.25) is 5.91 Å². The lowest BCUT2D eigenvalue weighted by molar-refractivity contribution is -0.133. The molecule has 2 atom stereocenters. The molecule has 22 heavy (non-hydrogen) atoms. The average Bonchev–Trinajstić information content (AvgIpc) is 3.34. The Morgan fingerprint density at radius 2 is 1.73 bits per heavy atom. The van der Waals surface area contributed by atoms with Gasteiger partial charge in [0.05, 0.1) is 13.2 Å². The maximum atomic E-state index is 12.5. The van der Waals surface area contributed by atoms with Crippen LogP contribution >= 0.6 is 0 Å². The third-order valence-corrected chi connectivity index (χ3v) is 4.38. The predicted molar refractivity (Wildman–Crippen MR) is 85.5 cm³/mol. The largest absolute Gasteiger partial charge is 0.395 e. The van der Waals surface area contributed by atoms with Gasteiger partial charge in [-0.2, -0.15) is 0 Å². The molecule has 3 rings (SSSR count). The topological polar surface area (TPSA) is 60.8 Å². The number of hydrogen-bond acceptors (Lipinski definition) is 3. The quantitative estimate of drug-likeness (QED) is 0.854. The summed E-state index contributed by atoms with van der Waals surface area (Å²) in [6, 6.07) is 14.5. The molecule has 2 N–H and O–H groups in total. The molecule has 0 heterocycles. The highest BCUT2D eigenvalue weighted by atomic mass is 16.3. The van der Waals surface area contributed by atoms with Crippen molar-refractivity contribution in [1.82, 2.24) is 4.90 Å². The van der Waals surface area contributed by atoms with Gasteiger partial charge in [0.1, 0.15) is 0 Å². The highest BCUT2D eigenvalue weighted by molar-refractivity contribution is 5.89. The number of fused-ring (bicyclic) bond motifs is 1. The Bertz CT molecular complexity index is 659. The van der Waals surface area contributed by atoms with Crippen molar-refractivity contribution in [3.8, 4) is 0 Å². The Labute approximate surface area is 130 Å². The molecule has 0 bridgehead atoms. The number of aliphatic hydroxyl groups is 2. The van der Waals surface area contributed by atoms with Crippen molar-refractivity contribution in [3.63, 3.8) is 0 Å². The Morgan fingerprint density at radius 3 is 2.45 bits per heavy atom. The van der Waals surface area contributed by atoms with Crippen LogP contribution in [-0.4, -0.2) is 47.3 Å². The molecule has 1 aliphatic rings. The highest BCUT2D eigenvalue weighted by Gasteiger charge is 2.46. The summed E-state index contributed by atoms with van der Waals surface area (Å²) in [4.78, 5) is 14.1. The second kappa shape index (κ2) is 6.46. The van der Waals surface area contributed by atoms with Crippen molar-refractivity contribution in [1.29, 1.82) is 0 Å². The fourth-order valence-corrected chi connectivity index (χ4v) is 3.19. The molecule has 116 valence electrons. The molecule has 1 saturated carbocycles. The van der Waals surface area contributed by atoms with E-state index in [9.17, 15) is 4.79 Å². The first-order valence-corrected chi connectivity index (χ1v) is 7.74. The van der Waals surface area contributed by atoms with E-state index in [2.05, 4.69) is 24.3 Å². The zero-order chi connectivity index (χ0) is 15.5. The van der Waals surface area contributed by atoms with Crippen LogP contribution in [0.1, 0.15) is 17.9 Å². The van der Waals surface area contributed by atoms with Crippen molar-refractivity contribution in [2.24, 2.45) is 5.92 Å². The Balaban J connectivity index is 1.79. The maximum Gasteiger partial charge on any atom is 0.226 e. The van der Waals surface area contributed by atoms with Gasteiger partial charge < -0.3 is 15.1 Å². The van der Waals surface area contributed by atoms with Gasteiger partial charge in [0, 0.05) is 19.0 Å². The summed E-state index contributed by atoms with van der Waals surface area (Å²) in [5, 5.41) is 20.5. The molecule has 2 aromatic carbocycles. The minimum atomic E-state index is -0.0720. The zero-order valence-electron chi connectivity index (χ0n) is 12.5. The second-order valence-electron chi connectivity index (χ2n) is 5.79. The SMILES string of the molecule is O=C(C1CC1c1cccc2ccccc12)N(CCO)CCO. The van der Waals surface area contributed by atoms with Crippen LogP contribution in [0.2, 0.25) is 0 Å². The molecule has 1 aliphatic carbocycles. The van der Waals surface area contributed by atoms with E-state index >= 15 is 0 Å². The number of hydrogen-bond donors (Lipinski definition) is 2. The van der Waals surface area contributed by atoms with Gasteiger partial charge >= 0.3 is 0 Å². The third-order valence-electron chi connectivity index (χ3n) is 4.38. The molecule has 1 fully saturated rings. The number of amides is 1. The van der Waals surface area contributed by atoms with Gasteiger partial charge in [-0.1, -0.05) is 42.5 Å². The standard InChI is InChI=1S/C18H21NO3/c20-10-8-19(9-11-21)18(22)17-12-16(17)15-7-3-5-13-4-1-2-6-14(13)15/h1-7,16-17,20-21H,8-12H2. The fourth-order valence-electron chi connectivity index (χ4n) is 3.19. The minimum absolute atomic E-state index is 0.0242. The van der Waals surface area contributed by atoms with E-state index in [0.717, 1.165) is 6.42 Å². The van der Waals surface area contributed by atoms with Crippen molar-refractivity contribution in [2.75, 3.05) is 26.3 Å². The number of aliphatic hydroxyl groups excluding tert-OH is 2. The second-order valence-corrected chi connectivity index (χ2v) is 5.79. The van der Waals surface area contributed by atoms with Crippen LogP contribution in [-0.2, 0) is 4.79 Å². The smallest absolute Gasteiger partial charge is 0.226 e. The van der Waals surface area contributed by atoms with Crippen LogP contribution in [0.3, 0.4) is 0 Å². The van der Waals surface area contributed by atoms with Crippen LogP contribution in [0.15, 0.2) is 42.5 Å². The molecule has 0 aromatic heterocycles. The molecule has 2 aromatic rings. The maximum absolute atomic E-state index is 12.5. The summed E-state index contributed by atoms with van der Waals surface area (Å²) < 4.78 is 0. The van der Waals surface area contributed by atoms with Gasteiger partial charge in [0.15, 0.2) is 0 Å². The molecule has 0 radical (unpaired) electrons. The van der Waals surface area contributed by atoms with E-state index < -0.39 is 0 Å². The van der Waals surface area contributed by atoms with Crippen LogP contribution in [0.4, 0.5) is 0 Å². The van der Waals surface area contributed by atoms with Crippen molar-refractivity contribution >= 4 is 16.7 Å². The lowest BCUT2D eigenvalue weighted by atomic mass is 10.00. The molecule has 4 nitrogen and oxygen atoms in total. The summed E-state index contributed by atoms with van der Waals surface area (Å²) >= 11 is 0. The molecule has 0 aliphatic heterocycles. The Morgan fingerprint density at radius 1 is 1.05 bits per heavy atom. The van der Waals surface area contributed by atoms with Gasteiger partial charge in [-0.15, -0.1) is 0 Å². The van der Waals surface area contributed by atoms with Crippen molar-refractivity contribution in [3.05, 3.63) is 48.0 Å². The number of carbonyl (C=O) groups excluding carboxylic acids is 1. The van der Waals surface area contributed by atoms with Gasteiger partial charge in [0.25, 0.3) is 0 Å². The zero-order valence-corrected chi connectivity index (χ0v) is 12.5. The van der Waals surface area contributed by atoms with E-state index in [1.165, 1.54) is 16.3 Å². The lowest BCUT2D eigenvalue weighted by Crippen LogP contribution is -2.37. The van der Waals surface area contributed by atoms with Crippen LogP contribution < -0.4 is 0 Å². The Hall–Kier alpha value is -1.91. The summed E-state index contributed by atoms with van der Waals surface area (Å²) in [7, 11) is 0. The van der Waals surface area contributed by atoms with E-state index in [1.54, 1.807) is 4.90 Å². The van der Waals surface area contributed by atoms with Gasteiger partial charge in [-0.05, 0) is 28.7 Å². The monoisotopic (exact) mass is 299 g/mol. The summed E-state index contributed by atoms with van der Waals surface area (Å²) in [5.41, 5.74) is 1.23. The number of carbonyl (C=O) groups is 1. The van der Waals surface area contributed by atoms with E-state index in [1.807, 2.05) is 18.2 Å². The van der Waals surface area contributed by atoms with Gasteiger partial charge in [-0.3, -0.25) is 4.79 Å².